The third kappa shape index (κ3) is 2.93. The molecule has 2 aromatic heterocycles. The second-order valence-electron chi connectivity index (χ2n) is 5.75. The van der Waals surface area contributed by atoms with Crippen LogP contribution in [-0.4, -0.2) is 36.6 Å². The maximum absolute atomic E-state index is 9.60. The second kappa shape index (κ2) is 6.26. The molecule has 0 bridgehead atoms. The summed E-state index contributed by atoms with van der Waals surface area (Å²) in [5.74, 6) is -0.227. The molecule has 26 heavy (non-hydrogen) atoms. The number of aromatic amines is 1. The fraction of sp³-hybridized carbons (Fsp3) is 0.0588. The summed E-state index contributed by atoms with van der Waals surface area (Å²) < 4.78 is 0.367. The number of phenolic OH excluding ortho intramolecular Hbond substituents is 2. The number of phenols is 2. The summed E-state index contributed by atoms with van der Waals surface area (Å²) in [7, 11) is 0. The highest BCUT2D eigenvalue weighted by atomic mass is 79.9. The number of rotatable bonds is 3. The van der Waals surface area contributed by atoms with E-state index in [0.29, 0.717) is 21.2 Å². The highest BCUT2D eigenvalue weighted by Crippen LogP contribution is 2.33. The summed E-state index contributed by atoms with van der Waals surface area (Å²) in [4.78, 5) is 7.57. The summed E-state index contributed by atoms with van der Waals surface area (Å²) >= 11 is 3.15. The van der Waals surface area contributed by atoms with Crippen LogP contribution in [0, 0.1) is 6.92 Å². The molecule has 4 rings (SSSR count). The maximum atomic E-state index is 9.60. The van der Waals surface area contributed by atoms with E-state index in [1.54, 1.807) is 6.07 Å². The van der Waals surface area contributed by atoms with Gasteiger partial charge in [-0.2, -0.15) is 10.1 Å². The number of H-pyrrole nitrogens is 1. The summed E-state index contributed by atoms with van der Waals surface area (Å²) in [6.45, 7) is 2.02. The number of benzene rings is 2. The smallest absolute Gasteiger partial charge is 0.265 e. The zero-order valence-corrected chi connectivity index (χ0v) is 15.1. The number of anilines is 1. The van der Waals surface area contributed by atoms with Gasteiger partial charge in [-0.15, -0.1) is 10.2 Å². The molecule has 0 saturated heterocycles. The molecule has 0 fully saturated rings. The van der Waals surface area contributed by atoms with E-state index in [9.17, 15) is 10.2 Å². The van der Waals surface area contributed by atoms with Gasteiger partial charge in [-0.3, -0.25) is 0 Å². The van der Waals surface area contributed by atoms with Crippen LogP contribution in [0.1, 0.15) is 11.1 Å². The van der Waals surface area contributed by atoms with Crippen LogP contribution in [0.3, 0.4) is 0 Å². The lowest BCUT2D eigenvalue weighted by atomic mass is 10.2. The molecular weight excluding hydrogens is 400 g/mol. The van der Waals surface area contributed by atoms with Crippen molar-refractivity contribution < 1.29 is 10.2 Å². The molecule has 0 saturated carbocycles. The molecule has 0 spiro atoms. The zero-order valence-electron chi connectivity index (χ0n) is 13.5. The van der Waals surface area contributed by atoms with E-state index in [-0.39, 0.29) is 17.4 Å². The quantitative estimate of drug-likeness (QED) is 0.232. The molecule has 0 radical (unpaired) electrons. The largest absolute Gasteiger partial charge is 0.504 e. The Balaban J connectivity index is 1.60. The van der Waals surface area contributed by atoms with Crippen molar-refractivity contribution in [2.45, 2.75) is 6.92 Å². The minimum atomic E-state index is -0.242. The van der Waals surface area contributed by atoms with E-state index in [1.807, 2.05) is 25.1 Å². The Kier molecular flexibility index (Phi) is 3.92. The lowest BCUT2D eigenvalue weighted by molar-refractivity contribution is 0.401. The second-order valence-corrected chi connectivity index (χ2v) is 6.60. The van der Waals surface area contributed by atoms with Gasteiger partial charge in [0.15, 0.2) is 17.1 Å². The number of nitrogens with one attached hydrogen (secondary N) is 2. The number of nitrogens with zero attached hydrogens (tertiary/aromatic N) is 4. The van der Waals surface area contributed by atoms with Crippen molar-refractivity contribution in [1.29, 1.82) is 0 Å². The third-order valence-corrected chi connectivity index (χ3v) is 4.42. The number of hydrazone groups is 1. The third-order valence-electron chi connectivity index (χ3n) is 3.81. The molecule has 2 aromatic carbocycles. The van der Waals surface area contributed by atoms with Gasteiger partial charge in [-0.1, -0.05) is 11.6 Å². The van der Waals surface area contributed by atoms with Crippen molar-refractivity contribution in [2.75, 3.05) is 5.43 Å². The standard InChI is InChI=1S/C17H13BrN6O2/c1-8-2-3-12-10(4-8)14-16(20-12)21-17(24-22-14)23-19-7-9-5-11(18)15(26)13(25)6-9/h2-7,25-26H,1H3,(H2,20,21,23,24)/b19-7-. The van der Waals surface area contributed by atoms with E-state index in [0.717, 1.165) is 16.5 Å². The van der Waals surface area contributed by atoms with Gasteiger partial charge in [0.05, 0.1) is 10.7 Å². The van der Waals surface area contributed by atoms with Crippen LogP contribution >= 0.6 is 15.9 Å². The van der Waals surface area contributed by atoms with Crippen LogP contribution < -0.4 is 5.43 Å². The van der Waals surface area contributed by atoms with Crippen molar-refractivity contribution in [3.63, 3.8) is 0 Å². The van der Waals surface area contributed by atoms with Crippen LogP contribution in [0.5, 0.6) is 11.5 Å². The average molecular weight is 413 g/mol. The molecule has 4 aromatic rings. The zero-order chi connectivity index (χ0) is 18.3. The first-order valence-corrected chi connectivity index (χ1v) is 8.44. The predicted octanol–water partition coefficient (Wildman–Crippen LogP) is 3.43. The molecule has 0 atom stereocenters. The summed E-state index contributed by atoms with van der Waals surface area (Å²) in [5, 5.41) is 32.4. The van der Waals surface area contributed by atoms with Crippen LogP contribution in [0.4, 0.5) is 5.95 Å². The lowest BCUT2D eigenvalue weighted by Gasteiger charge is -2.02. The number of halogens is 1. The van der Waals surface area contributed by atoms with Gasteiger partial charge in [-0.25, -0.2) is 5.43 Å². The van der Waals surface area contributed by atoms with E-state index < -0.39 is 0 Å². The maximum Gasteiger partial charge on any atom is 0.265 e. The van der Waals surface area contributed by atoms with Gasteiger partial charge in [0.1, 0.15) is 5.52 Å². The number of aryl methyl sites for hydroxylation is 1. The molecule has 8 nitrogen and oxygen atoms in total. The SMILES string of the molecule is Cc1ccc2[nH]c3nc(N/N=C\c4cc(O)c(O)c(Br)c4)nnc3c2c1. The van der Waals surface area contributed by atoms with Crippen LogP contribution in [0.15, 0.2) is 39.9 Å². The molecule has 0 aliphatic carbocycles. The van der Waals surface area contributed by atoms with Crippen molar-refractivity contribution in [3.8, 4) is 11.5 Å². The molecule has 0 amide bonds. The van der Waals surface area contributed by atoms with Crippen molar-refractivity contribution in [1.82, 2.24) is 20.2 Å². The Morgan fingerprint density at radius 3 is 2.85 bits per heavy atom. The number of aromatic hydroxyl groups is 2. The lowest BCUT2D eigenvalue weighted by Crippen LogP contribution is -1.99. The number of fused-ring (bicyclic) bond motifs is 3. The van der Waals surface area contributed by atoms with Crippen LogP contribution in [0.2, 0.25) is 0 Å². The van der Waals surface area contributed by atoms with Gasteiger partial charge < -0.3 is 15.2 Å². The summed E-state index contributed by atoms with van der Waals surface area (Å²) in [6, 6.07) is 9.02. The molecular formula is C17H13BrN6O2. The van der Waals surface area contributed by atoms with Crippen molar-refractivity contribution in [2.24, 2.45) is 5.10 Å². The predicted molar refractivity (Wildman–Crippen MR) is 103 cm³/mol. The average Bonchev–Trinajstić information content (AvgIpc) is 2.96. The summed E-state index contributed by atoms with van der Waals surface area (Å²) in [6.07, 6.45) is 1.46. The van der Waals surface area contributed by atoms with E-state index >= 15 is 0 Å². The molecule has 9 heteroatoms. The Morgan fingerprint density at radius 2 is 2.04 bits per heavy atom. The highest BCUT2D eigenvalue weighted by molar-refractivity contribution is 9.10. The van der Waals surface area contributed by atoms with E-state index in [1.165, 1.54) is 12.3 Å². The van der Waals surface area contributed by atoms with Crippen molar-refractivity contribution in [3.05, 3.63) is 45.9 Å². The number of hydrogen-bond acceptors (Lipinski definition) is 7. The first-order valence-electron chi connectivity index (χ1n) is 7.64. The normalized spacial score (nSPS) is 11.6. The molecule has 130 valence electrons. The Labute approximate surface area is 155 Å². The first-order chi connectivity index (χ1) is 12.5. The monoisotopic (exact) mass is 412 g/mol. The van der Waals surface area contributed by atoms with E-state index in [2.05, 4.69) is 46.6 Å². The van der Waals surface area contributed by atoms with Gasteiger partial charge in [0.2, 0.25) is 0 Å². The molecule has 0 aliphatic heterocycles. The van der Waals surface area contributed by atoms with Crippen LogP contribution in [-0.2, 0) is 0 Å². The first kappa shape index (κ1) is 16.3. The van der Waals surface area contributed by atoms with E-state index in [4.69, 9.17) is 0 Å². The fourth-order valence-corrected chi connectivity index (χ4v) is 3.04. The van der Waals surface area contributed by atoms with Gasteiger partial charge in [0, 0.05) is 10.9 Å². The molecule has 2 heterocycles. The topological polar surface area (TPSA) is 119 Å². The fourth-order valence-electron chi connectivity index (χ4n) is 2.58. The minimum Gasteiger partial charge on any atom is -0.504 e. The van der Waals surface area contributed by atoms with Crippen LogP contribution in [0.25, 0.3) is 22.1 Å². The Hall–Kier alpha value is -3.20. The molecule has 0 aliphatic rings. The highest BCUT2D eigenvalue weighted by Gasteiger charge is 2.09. The Morgan fingerprint density at radius 1 is 1.19 bits per heavy atom. The Bertz CT molecular complexity index is 1150. The van der Waals surface area contributed by atoms with Gasteiger partial charge >= 0.3 is 0 Å². The number of hydrogen-bond donors (Lipinski definition) is 4. The van der Waals surface area contributed by atoms with Crippen molar-refractivity contribution >= 4 is 50.2 Å². The summed E-state index contributed by atoms with van der Waals surface area (Å²) in [5.41, 5.74) is 6.67. The van der Waals surface area contributed by atoms with Gasteiger partial charge in [-0.05, 0) is 52.7 Å². The minimum absolute atomic E-state index is 0.220. The van der Waals surface area contributed by atoms with Gasteiger partial charge in [0.25, 0.3) is 5.95 Å². The molecule has 0 unspecified atom stereocenters. The number of aromatic nitrogens is 4. The molecule has 4 N–H and O–H groups in total.